The summed E-state index contributed by atoms with van der Waals surface area (Å²) in [6.45, 7) is 0.479. The highest BCUT2D eigenvalue weighted by Gasteiger charge is 2.52. The summed E-state index contributed by atoms with van der Waals surface area (Å²) >= 11 is 0. The van der Waals surface area contributed by atoms with Crippen molar-refractivity contribution >= 4 is 0 Å². The molecule has 0 aromatic heterocycles. The lowest BCUT2D eigenvalue weighted by atomic mass is 10.2. The molecule has 2 atom stereocenters. The van der Waals surface area contributed by atoms with Gasteiger partial charge in [0.25, 0.3) is 12.1 Å². The lowest BCUT2D eigenvalue weighted by molar-refractivity contribution is -0.606. The zero-order valence-electron chi connectivity index (χ0n) is 7.54. The van der Waals surface area contributed by atoms with Gasteiger partial charge in [0, 0.05) is 15.9 Å². The Bertz CT molecular complexity index is 256. The van der Waals surface area contributed by atoms with Crippen LogP contribution in [0.15, 0.2) is 0 Å². The van der Waals surface area contributed by atoms with Crippen molar-refractivity contribution in [1.29, 1.82) is 0 Å². The second-order valence-corrected chi connectivity index (χ2v) is 3.89. The fourth-order valence-corrected chi connectivity index (χ4v) is 1.95. The van der Waals surface area contributed by atoms with Crippen LogP contribution in [-0.2, 0) is 0 Å². The molecule has 2 rings (SSSR count). The molecule has 2 fully saturated rings. The molecule has 0 bridgehead atoms. The summed E-state index contributed by atoms with van der Waals surface area (Å²) in [7, 11) is 0. The van der Waals surface area contributed by atoms with Crippen molar-refractivity contribution in [2.24, 2.45) is 0 Å². The van der Waals surface area contributed by atoms with Crippen LogP contribution in [0.25, 0.3) is 0 Å². The first kappa shape index (κ1) is 9.32. The smallest absolute Gasteiger partial charge is 0.287 e. The number of hydrogen-bond donors (Lipinski definition) is 0. The Hall–Kier alpha value is -1.24. The first-order valence-electron chi connectivity index (χ1n) is 4.60. The van der Waals surface area contributed by atoms with Crippen LogP contribution >= 0.6 is 0 Å². The van der Waals surface area contributed by atoms with E-state index in [2.05, 4.69) is 0 Å². The Morgan fingerprint density at radius 1 is 1.00 bits per heavy atom. The van der Waals surface area contributed by atoms with Crippen LogP contribution in [0.1, 0.15) is 12.8 Å². The van der Waals surface area contributed by atoms with Gasteiger partial charge in [-0.15, -0.1) is 0 Å². The highest BCUT2D eigenvalue weighted by molar-refractivity contribution is 4.93. The molecule has 1 aliphatic heterocycles. The van der Waals surface area contributed by atoms with E-state index in [9.17, 15) is 20.2 Å². The van der Waals surface area contributed by atoms with Gasteiger partial charge in [0.05, 0.1) is 13.1 Å². The van der Waals surface area contributed by atoms with Gasteiger partial charge in [-0.2, -0.15) is 0 Å². The van der Waals surface area contributed by atoms with E-state index in [4.69, 9.17) is 0 Å². The highest BCUT2D eigenvalue weighted by Crippen LogP contribution is 2.31. The zero-order valence-corrected chi connectivity index (χ0v) is 7.54. The molecule has 0 aromatic carbocycles. The molecular formula is C7H11N3O4. The van der Waals surface area contributed by atoms with E-state index in [0.29, 0.717) is 6.04 Å². The first-order valence-corrected chi connectivity index (χ1v) is 4.60. The third kappa shape index (κ3) is 1.54. The standard InChI is InChI=1S/C7H11N3O4/c11-9(12)6-3-8(5-1-2-5)4-7(6)10(13)14/h5-7H,1-4H2. The second-order valence-electron chi connectivity index (χ2n) is 3.89. The Morgan fingerprint density at radius 3 is 1.71 bits per heavy atom. The predicted molar refractivity (Wildman–Crippen MR) is 46.2 cm³/mol. The summed E-state index contributed by atoms with van der Waals surface area (Å²) in [4.78, 5) is 22.0. The van der Waals surface area contributed by atoms with Gasteiger partial charge in [-0.1, -0.05) is 0 Å². The molecule has 0 radical (unpaired) electrons. The summed E-state index contributed by atoms with van der Waals surface area (Å²) in [5, 5.41) is 21.2. The number of nitrogens with zero attached hydrogens (tertiary/aromatic N) is 3. The van der Waals surface area contributed by atoms with Gasteiger partial charge in [-0.05, 0) is 12.8 Å². The van der Waals surface area contributed by atoms with Gasteiger partial charge < -0.3 is 0 Å². The van der Waals surface area contributed by atoms with Crippen molar-refractivity contribution in [3.8, 4) is 0 Å². The quantitative estimate of drug-likeness (QED) is 0.464. The largest absolute Gasteiger partial charge is 0.292 e. The Morgan fingerprint density at radius 2 is 1.43 bits per heavy atom. The molecule has 78 valence electrons. The van der Waals surface area contributed by atoms with Crippen LogP contribution in [0.4, 0.5) is 0 Å². The maximum atomic E-state index is 10.6. The summed E-state index contributed by atoms with van der Waals surface area (Å²) < 4.78 is 0. The summed E-state index contributed by atoms with van der Waals surface area (Å²) in [5.74, 6) is 0. The van der Waals surface area contributed by atoms with E-state index in [1.165, 1.54) is 0 Å². The minimum absolute atomic E-state index is 0.239. The van der Waals surface area contributed by atoms with Crippen molar-refractivity contribution < 1.29 is 9.85 Å². The minimum atomic E-state index is -1.02. The molecule has 0 N–H and O–H groups in total. The lowest BCUT2D eigenvalue weighted by Crippen LogP contribution is -2.37. The van der Waals surface area contributed by atoms with Gasteiger partial charge in [-0.3, -0.25) is 25.1 Å². The Labute approximate surface area is 80.0 Å². The molecular weight excluding hydrogens is 190 g/mol. The molecule has 7 nitrogen and oxygen atoms in total. The predicted octanol–water partition coefficient (Wildman–Crippen LogP) is -0.245. The van der Waals surface area contributed by atoms with Crippen molar-refractivity contribution in [1.82, 2.24) is 4.90 Å². The number of nitro groups is 2. The molecule has 1 saturated carbocycles. The SMILES string of the molecule is O=[N+]([O-])C1CN(C2CC2)CC1[N+](=O)[O-]. The average molecular weight is 201 g/mol. The van der Waals surface area contributed by atoms with Crippen molar-refractivity contribution in [2.45, 2.75) is 31.0 Å². The molecule has 1 heterocycles. The van der Waals surface area contributed by atoms with Crippen LogP contribution in [0, 0.1) is 20.2 Å². The van der Waals surface area contributed by atoms with Gasteiger partial charge in [-0.25, -0.2) is 0 Å². The van der Waals surface area contributed by atoms with E-state index in [-0.39, 0.29) is 13.1 Å². The van der Waals surface area contributed by atoms with E-state index in [1.54, 1.807) is 0 Å². The average Bonchev–Trinajstić information content (AvgIpc) is 2.83. The fourth-order valence-electron chi connectivity index (χ4n) is 1.95. The van der Waals surface area contributed by atoms with Gasteiger partial charge in [0.1, 0.15) is 0 Å². The molecule has 0 spiro atoms. The summed E-state index contributed by atoms with van der Waals surface area (Å²) in [6.07, 6.45) is 2.05. The third-order valence-electron chi connectivity index (χ3n) is 2.89. The third-order valence-corrected chi connectivity index (χ3v) is 2.89. The Balaban J connectivity index is 2.06. The topological polar surface area (TPSA) is 89.5 Å². The molecule has 1 aliphatic carbocycles. The van der Waals surface area contributed by atoms with Gasteiger partial charge in [0.15, 0.2) is 0 Å². The van der Waals surface area contributed by atoms with E-state index >= 15 is 0 Å². The van der Waals surface area contributed by atoms with E-state index < -0.39 is 21.9 Å². The molecule has 0 aromatic rings. The van der Waals surface area contributed by atoms with Crippen LogP contribution in [0.3, 0.4) is 0 Å². The molecule has 7 heteroatoms. The number of rotatable bonds is 3. The summed E-state index contributed by atoms with van der Waals surface area (Å²) in [5.41, 5.74) is 0. The van der Waals surface area contributed by atoms with Gasteiger partial charge >= 0.3 is 0 Å². The van der Waals surface area contributed by atoms with E-state index in [1.807, 2.05) is 4.90 Å². The number of hydrogen-bond acceptors (Lipinski definition) is 5. The maximum Gasteiger partial charge on any atom is 0.292 e. The van der Waals surface area contributed by atoms with Crippen LogP contribution in [0.5, 0.6) is 0 Å². The van der Waals surface area contributed by atoms with Crippen molar-refractivity contribution in [2.75, 3.05) is 13.1 Å². The van der Waals surface area contributed by atoms with Crippen molar-refractivity contribution in [3.63, 3.8) is 0 Å². The first-order chi connectivity index (χ1) is 6.59. The van der Waals surface area contributed by atoms with E-state index in [0.717, 1.165) is 12.8 Å². The van der Waals surface area contributed by atoms with Gasteiger partial charge in [0.2, 0.25) is 0 Å². The second kappa shape index (κ2) is 3.16. The molecule has 2 aliphatic rings. The normalized spacial score (nSPS) is 33.1. The molecule has 14 heavy (non-hydrogen) atoms. The number of likely N-dealkylation sites (tertiary alicyclic amines) is 1. The van der Waals surface area contributed by atoms with Crippen LogP contribution < -0.4 is 0 Å². The Kier molecular flexibility index (Phi) is 2.10. The van der Waals surface area contributed by atoms with Crippen molar-refractivity contribution in [3.05, 3.63) is 20.2 Å². The highest BCUT2D eigenvalue weighted by atomic mass is 16.6. The van der Waals surface area contributed by atoms with Crippen LogP contribution in [0.2, 0.25) is 0 Å². The molecule has 2 unspecified atom stereocenters. The zero-order chi connectivity index (χ0) is 10.3. The molecule has 0 amide bonds. The maximum absolute atomic E-state index is 10.6. The monoisotopic (exact) mass is 201 g/mol. The lowest BCUT2D eigenvalue weighted by Gasteiger charge is -2.09. The van der Waals surface area contributed by atoms with Crippen LogP contribution in [-0.4, -0.2) is 46.0 Å². The fraction of sp³-hybridized carbons (Fsp3) is 1.00. The minimum Gasteiger partial charge on any atom is -0.287 e. The summed E-state index contributed by atoms with van der Waals surface area (Å²) in [6, 6.07) is -1.68. The molecule has 1 saturated heterocycles.